The van der Waals surface area contributed by atoms with Crippen LogP contribution in [0.15, 0.2) is 24.3 Å². The predicted octanol–water partition coefficient (Wildman–Crippen LogP) is 2.45. The predicted molar refractivity (Wildman–Crippen MR) is 103 cm³/mol. The molecule has 0 radical (unpaired) electrons. The number of anilines is 1. The van der Waals surface area contributed by atoms with Gasteiger partial charge in [0.1, 0.15) is 11.2 Å². The number of hydrogen-bond donors (Lipinski definition) is 3. The lowest BCUT2D eigenvalue weighted by Gasteiger charge is -2.21. The number of hydrogen-bond acceptors (Lipinski definition) is 6. The SMILES string of the molecule is CC(C)(C)OC(=O)Nc1ccc2c(c1)cc(B(O)O)n2C(=O)OC(C)(C)C. The Balaban J connectivity index is 2.40. The fourth-order valence-electron chi connectivity index (χ4n) is 2.44. The van der Waals surface area contributed by atoms with E-state index in [1.807, 2.05) is 0 Å². The van der Waals surface area contributed by atoms with Gasteiger partial charge in [-0.2, -0.15) is 0 Å². The number of rotatable bonds is 2. The first-order valence-corrected chi connectivity index (χ1v) is 8.52. The molecule has 2 aromatic rings. The molecular formula is C18H25BN2O6. The van der Waals surface area contributed by atoms with Crippen molar-refractivity contribution in [1.29, 1.82) is 0 Å². The van der Waals surface area contributed by atoms with Crippen molar-refractivity contribution in [3.05, 3.63) is 24.3 Å². The summed E-state index contributed by atoms with van der Waals surface area (Å²) in [6, 6.07) is 6.22. The van der Waals surface area contributed by atoms with Gasteiger partial charge >= 0.3 is 19.3 Å². The van der Waals surface area contributed by atoms with Gasteiger partial charge in [-0.1, -0.05) is 0 Å². The number of nitrogens with zero attached hydrogens (tertiary/aromatic N) is 1. The van der Waals surface area contributed by atoms with E-state index in [9.17, 15) is 19.6 Å². The zero-order valence-electron chi connectivity index (χ0n) is 16.4. The quantitative estimate of drug-likeness (QED) is 0.695. The van der Waals surface area contributed by atoms with Crippen LogP contribution in [0.3, 0.4) is 0 Å². The first-order valence-electron chi connectivity index (χ1n) is 8.52. The minimum absolute atomic E-state index is 0.0336. The molecule has 0 aliphatic rings. The standard InChI is InChI=1S/C18H25BN2O6/c1-17(2,3)26-15(22)20-12-7-8-13-11(9-12)10-14(19(24)25)21(13)16(23)27-18(4,5)6/h7-10,24-25H,1-6H3,(H,20,22). The maximum Gasteiger partial charge on any atom is 0.506 e. The molecule has 0 spiro atoms. The van der Waals surface area contributed by atoms with E-state index in [1.54, 1.807) is 59.7 Å². The molecule has 27 heavy (non-hydrogen) atoms. The van der Waals surface area contributed by atoms with Crippen molar-refractivity contribution in [2.45, 2.75) is 52.7 Å². The van der Waals surface area contributed by atoms with Crippen molar-refractivity contribution in [3.63, 3.8) is 0 Å². The summed E-state index contributed by atoms with van der Waals surface area (Å²) >= 11 is 0. The molecule has 1 amide bonds. The molecule has 0 saturated heterocycles. The number of amides is 1. The molecule has 2 rings (SSSR count). The second kappa shape index (κ2) is 7.24. The number of fused-ring (bicyclic) bond motifs is 1. The molecule has 3 N–H and O–H groups in total. The van der Waals surface area contributed by atoms with Crippen LogP contribution < -0.4 is 10.9 Å². The highest BCUT2D eigenvalue weighted by Crippen LogP contribution is 2.22. The van der Waals surface area contributed by atoms with Crippen LogP contribution >= 0.6 is 0 Å². The Morgan fingerprint density at radius 1 is 1.00 bits per heavy atom. The lowest BCUT2D eigenvalue weighted by molar-refractivity contribution is 0.0546. The Bertz CT molecular complexity index is 861. The van der Waals surface area contributed by atoms with Gasteiger partial charge in [0.05, 0.1) is 11.1 Å². The summed E-state index contributed by atoms with van der Waals surface area (Å²) < 4.78 is 11.6. The van der Waals surface area contributed by atoms with Gasteiger partial charge in [0.25, 0.3) is 0 Å². The molecule has 1 heterocycles. The Morgan fingerprint density at radius 2 is 1.59 bits per heavy atom. The first-order chi connectivity index (χ1) is 12.3. The lowest BCUT2D eigenvalue weighted by atomic mass is 9.86. The van der Waals surface area contributed by atoms with Gasteiger partial charge in [0.2, 0.25) is 0 Å². The number of carbonyl (C=O) groups excluding carboxylic acids is 2. The Kier molecular flexibility index (Phi) is 5.58. The molecule has 0 bridgehead atoms. The summed E-state index contributed by atoms with van der Waals surface area (Å²) in [5.41, 5.74) is -0.556. The molecule has 1 aromatic heterocycles. The number of carbonyl (C=O) groups is 2. The van der Waals surface area contributed by atoms with E-state index < -0.39 is 30.5 Å². The normalized spacial score (nSPS) is 12.0. The van der Waals surface area contributed by atoms with E-state index in [2.05, 4.69) is 5.32 Å². The zero-order chi connectivity index (χ0) is 20.6. The van der Waals surface area contributed by atoms with Gasteiger partial charge in [-0.05, 0) is 65.8 Å². The van der Waals surface area contributed by atoms with Gasteiger partial charge in [-0.25, -0.2) is 9.59 Å². The largest absolute Gasteiger partial charge is 0.506 e. The highest BCUT2D eigenvalue weighted by atomic mass is 16.6. The summed E-state index contributed by atoms with van der Waals surface area (Å²) in [6.45, 7) is 10.4. The summed E-state index contributed by atoms with van der Waals surface area (Å²) in [5.74, 6) is 0. The van der Waals surface area contributed by atoms with E-state index in [1.165, 1.54) is 6.07 Å². The van der Waals surface area contributed by atoms with Gasteiger partial charge < -0.3 is 19.5 Å². The molecule has 146 valence electrons. The average molecular weight is 376 g/mol. The Hall–Kier alpha value is -2.52. The molecule has 8 nitrogen and oxygen atoms in total. The molecule has 0 atom stereocenters. The molecular weight excluding hydrogens is 351 g/mol. The fourth-order valence-corrected chi connectivity index (χ4v) is 2.44. The summed E-state index contributed by atoms with van der Waals surface area (Å²) in [5, 5.41) is 22.4. The fraction of sp³-hybridized carbons (Fsp3) is 0.444. The van der Waals surface area contributed by atoms with Crippen LogP contribution in [0.1, 0.15) is 41.5 Å². The van der Waals surface area contributed by atoms with Gasteiger partial charge in [-0.15, -0.1) is 0 Å². The topological polar surface area (TPSA) is 110 Å². The van der Waals surface area contributed by atoms with Crippen LogP contribution in [0.2, 0.25) is 0 Å². The molecule has 0 saturated carbocycles. The van der Waals surface area contributed by atoms with Gasteiger partial charge in [-0.3, -0.25) is 9.88 Å². The van der Waals surface area contributed by atoms with E-state index in [0.717, 1.165) is 4.57 Å². The lowest BCUT2D eigenvalue weighted by Crippen LogP contribution is -2.40. The molecule has 0 fully saturated rings. The van der Waals surface area contributed by atoms with E-state index in [-0.39, 0.29) is 5.59 Å². The monoisotopic (exact) mass is 376 g/mol. The summed E-state index contributed by atoms with van der Waals surface area (Å²) in [7, 11) is -1.87. The molecule has 9 heteroatoms. The van der Waals surface area contributed by atoms with E-state index >= 15 is 0 Å². The van der Waals surface area contributed by atoms with Crippen LogP contribution in [0.25, 0.3) is 10.9 Å². The number of benzene rings is 1. The van der Waals surface area contributed by atoms with Crippen molar-refractivity contribution in [2.75, 3.05) is 5.32 Å². The van der Waals surface area contributed by atoms with E-state index in [0.29, 0.717) is 16.6 Å². The maximum atomic E-state index is 12.5. The number of nitrogens with one attached hydrogen (secondary N) is 1. The van der Waals surface area contributed by atoms with Crippen molar-refractivity contribution in [3.8, 4) is 0 Å². The van der Waals surface area contributed by atoms with Crippen LogP contribution in [-0.4, -0.2) is 45.1 Å². The second-order valence-electron chi connectivity index (χ2n) is 8.16. The third kappa shape index (κ3) is 5.48. The van der Waals surface area contributed by atoms with Crippen molar-refractivity contribution in [1.82, 2.24) is 4.57 Å². The van der Waals surface area contributed by atoms with Gasteiger partial charge in [0, 0.05) is 11.1 Å². The summed E-state index contributed by atoms with van der Waals surface area (Å²) in [6.07, 6.45) is -1.34. The highest BCUT2D eigenvalue weighted by Gasteiger charge is 2.27. The third-order valence-electron chi connectivity index (χ3n) is 3.32. The summed E-state index contributed by atoms with van der Waals surface area (Å²) in [4.78, 5) is 24.4. The van der Waals surface area contributed by atoms with Crippen molar-refractivity contribution >= 4 is 41.5 Å². The molecule has 0 aliphatic carbocycles. The highest BCUT2D eigenvalue weighted by molar-refractivity contribution is 6.59. The molecule has 0 unspecified atom stereocenters. The first kappa shape index (κ1) is 20.8. The maximum absolute atomic E-state index is 12.5. The van der Waals surface area contributed by atoms with E-state index in [4.69, 9.17) is 9.47 Å². The van der Waals surface area contributed by atoms with Crippen LogP contribution in [0, 0.1) is 0 Å². The minimum atomic E-state index is -1.87. The van der Waals surface area contributed by atoms with Crippen molar-refractivity contribution < 1.29 is 29.1 Å². The Morgan fingerprint density at radius 3 is 2.11 bits per heavy atom. The van der Waals surface area contributed by atoms with Crippen LogP contribution in [-0.2, 0) is 9.47 Å². The smallest absolute Gasteiger partial charge is 0.444 e. The minimum Gasteiger partial charge on any atom is -0.444 e. The zero-order valence-corrected chi connectivity index (χ0v) is 16.4. The number of ether oxygens (including phenoxy) is 2. The second-order valence-corrected chi connectivity index (χ2v) is 8.16. The van der Waals surface area contributed by atoms with Crippen molar-refractivity contribution in [2.24, 2.45) is 0 Å². The van der Waals surface area contributed by atoms with Crippen LogP contribution in [0.5, 0.6) is 0 Å². The van der Waals surface area contributed by atoms with Gasteiger partial charge in [0.15, 0.2) is 0 Å². The van der Waals surface area contributed by atoms with Crippen LogP contribution in [0.4, 0.5) is 15.3 Å². The average Bonchev–Trinajstić information content (AvgIpc) is 2.82. The number of aromatic nitrogens is 1. The molecule has 0 aliphatic heterocycles. The Labute approximate surface area is 158 Å². The third-order valence-corrected chi connectivity index (χ3v) is 3.32. The molecule has 1 aromatic carbocycles.